The lowest BCUT2D eigenvalue weighted by atomic mass is 10.2. The van der Waals surface area contributed by atoms with Crippen molar-refractivity contribution in [3.8, 4) is 5.69 Å². The normalized spacial score (nSPS) is 10.3. The minimum absolute atomic E-state index is 0.290. The molecule has 1 aromatic heterocycles. The van der Waals surface area contributed by atoms with Crippen molar-refractivity contribution in [1.29, 1.82) is 0 Å². The van der Waals surface area contributed by atoms with Crippen LogP contribution in [-0.2, 0) is 0 Å². The van der Waals surface area contributed by atoms with Crippen LogP contribution < -0.4 is 0 Å². The molecule has 1 heterocycles. The topological polar surface area (TPSA) is 34.9 Å². The number of aromatic nitrogens is 2. The molecule has 3 nitrogen and oxygen atoms in total. The smallest absolute Gasteiger partial charge is 0.152 e. The predicted octanol–water partition coefficient (Wildman–Crippen LogP) is 2.13. The highest BCUT2D eigenvalue weighted by Gasteiger charge is 2.06. The van der Waals surface area contributed by atoms with Crippen molar-refractivity contribution < 1.29 is 9.18 Å². The van der Waals surface area contributed by atoms with Gasteiger partial charge in [0.2, 0.25) is 0 Å². The molecule has 0 radical (unpaired) electrons. The van der Waals surface area contributed by atoms with Gasteiger partial charge in [-0.3, -0.25) is 4.79 Å². The highest BCUT2D eigenvalue weighted by Crippen LogP contribution is 2.14. The molecule has 0 amide bonds. The van der Waals surface area contributed by atoms with Crippen LogP contribution in [0, 0.1) is 12.7 Å². The van der Waals surface area contributed by atoms with Gasteiger partial charge in [0.1, 0.15) is 5.82 Å². The van der Waals surface area contributed by atoms with Crippen molar-refractivity contribution in [2.75, 3.05) is 0 Å². The van der Waals surface area contributed by atoms with Gasteiger partial charge in [0, 0.05) is 11.8 Å². The molecule has 0 unspecified atom stereocenters. The number of carbonyl (C=O) groups is 1. The van der Waals surface area contributed by atoms with Gasteiger partial charge in [-0.05, 0) is 31.2 Å². The van der Waals surface area contributed by atoms with Crippen LogP contribution in [-0.4, -0.2) is 16.1 Å². The Kier molecular flexibility index (Phi) is 2.33. The highest BCUT2D eigenvalue weighted by molar-refractivity contribution is 5.80. The molecule has 15 heavy (non-hydrogen) atoms. The van der Waals surface area contributed by atoms with E-state index in [1.165, 1.54) is 18.2 Å². The van der Waals surface area contributed by atoms with Gasteiger partial charge in [-0.2, -0.15) is 5.10 Å². The average molecular weight is 204 g/mol. The molecule has 0 atom stereocenters. The Morgan fingerprint density at radius 2 is 2.20 bits per heavy atom. The van der Waals surface area contributed by atoms with Crippen LogP contribution in [0.5, 0.6) is 0 Å². The third kappa shape index (κ3) is 1.79. The second-order valence-electron chi connectivity index (χ2n) is 3.22. The van der Waals surface area contributed by atoms with Crippen molar-refractivity contribution in [1.82, 2.24) is 9.78 Å². The Morgan fingerprint density at radius 3 is 2.80 bits per heavy atom. The minimum Gasteiger partial charge on any atom is -0.298 e. The molecule has 0 N–H and O–H groups in total. The molecule has 76 valence electrons. The highest BCUT2D eigenvalue weighted by atomic mass is 19.1. The van der Waals surface area contributed by atoms with Gasteiger partial charge in [0.25, 0.3) is 0 Å². The van der Waals surface area contributed by atoms with E-state index in [1.54, 1.807) is 10.9 Å². The average Bonchev–Trinajstić information content (AvgIpc) is 2.64. The first-order valence-electron chi connectivity index (χ1n) is 4.48. The number of carbonyl (C=O) groups excluding carboxylic acids is 1. The number of nitrogens with zero attached hydrogens (tertiary/aromatic N) is 2. The summed E-state index contributed by atoms with van der Waals surface area (Å²) in [6.45, 7) is 1.85. The zero-order chi connectivity index (χ0) is 10.8. The molecule has 0 aliphatic rings. The maximum absolute atomic E-state index is 12.9. The first kappa shape index (κ1) is 9.58. The third-order valence-corrected chi connectivity index (χ3v) is 2.09. The summed E-state index contributed by atoms with van der Waals surface area (Å²) in [5, 5.41) is 4.15. The van der Waals surface area contributed by atoms with E-state index in [0.717, 1.165) is 5.69 Å². The summed E-state index contributed by atoms with van der Waals surface area (Å²) < 4.78 is 14.4. The summed E-state index contributed by atoms with van der Waals surface area (Å²) >= 11 is 0. The van der Waals surface area contributed by atoms with Gasteiger partial charge < -0.3 is 0 Å². The van der Waals surface area contributed by atoms with Crippen molar-refractivity contribution in [2.24, 2.45) is 0 Å². The third-order valence-electron chi connectivity index (χ3n) is 2.09. The molecule has 0 aliphatic heterocycles. The van der Waals surface area contributed by atoms with Gasteiger partial charge in [-0.25, -0.2) is 9.07 Å². The zero-order valence-corrected chi connectivity index (χ0v) is 8.14. The van der Waals surface area contributed by atoms with E-state index in [1.807, 2.05) is 13.0 Å². The van der Waals surface area contributed by atoms with Crippen LogP contribution in [0.2, 0.25) is 0 Å². The number of rotatable bonds is 2. The van der Waals surface area contributed by atoms with Crippen molar-refractivity contribution in [3.05, 3.63) is 47.5 Å². The lowest BCUT2D eigenvalue weighted by molar-refractivity contribution is 0.112. The van der Waals surface area contributed by atoms with Crippen LogP contribution in [0.3, 0.4) is 0 Å². The number of hydrogen-bond donors (Lipinski definition) is 0. The van der Waals surface area contributed by atoms with E-state index in [9.17, 15) is 9.18 Å². The van der Waals surface area contributed by atoms with Crippen LogP contribution in [0.4, 0.5) is 4.39 Å². The predicted molar refractivity (Wildman–Crippen MR) is 53.6 cm³/mol. The van der Waals surface area contributed by atoms with Gasteiger partial charge in [-0.1, -0.05) is 0 Å². The molecule has 2 rings (SSSR count). The summed E-state index contributed by atoms with van der Waals surface area (Å²) in [5.74, 6) is -0.426. The largest absolute Gasteiger partial charge is 0.298 e. The van der Waals surface area contributed by atoms with Crippen molar-refractivity contribution in [3.63, 3.8) is 0 Å². The van der Waals surface area contributed by atoms with Gasteiger partial charge in [0.05, 0.1) is 11.4 Å². The second kappa shape index (κ2) is 3.65. The maximum Gasteiger partial charge on any atom is 0.152 e. The van der Waals surface area contributed by atoms with E-state index in [2.05, 4.69) is 5.10 Å². The molecule has 4 heteroatoms. The molecule has 0 fully saturated rings. The quantitative estimate of drug-likeness (QED) is 0.702. The molecular formula is C11H9FN2O. The van der Waals surface area contributed by atoms with Crippen LogP contribution >= 0.6 is 0 Å². The summed E-state index contributed by atoms with van der Waals surface area (Å²) in [5.41, 5.74) is 1.72. The Labute approximate surface area is 86.2 Å². The lowest BCUT2D eigenvalue weighted by Crippen LogP contribution is -2.00. The molecular weight excluding hydrogens is 195 g/mol. The maximum atomic E-state index is 12.9. The van der Waals surface area contributed by atoms with Gasteiger partial charge in [-0.15, -0.1) is 0 Å². The minimum atomic E-state index is -0.426. The molecule has 0 bridgehead atoms. The van der Waals surface area contributed by atoms with Gasteiger partial charge in [0.15, 0.2) is 6.29 Å². The molecule has 0 saturated carbocycles. The van der Waals surface area contributed by atoms with E-state index < -0.39 is 5.82 Å². The van der Waals surface area contributed by atoms with Crippen LogP contribution in [0.25, 0.3) is 5.69 Å². The number of halogens is 1. The van der Waals surface area contributed by atoms with E-state index >= 15 is 0 Å². The summed E-state index contributed by atoms with van der Waals surface area (Å²) in [4.78, 5) is 10.8. The number of aryl methyl sites for hydroxylation is 1. The van der Waals surface area contributed by atoms with E-state index in [0.29, 0.717) is 12.0 Å². The first-order valence-corrected chi connectivity index (χ1v) is 4.48. The summed E-state index contributed by atoms with van der Waals surface area (Å²) in [6.07, 6.45) is 2.35. The Bertz CT molecular complexity index is 505. The second-order valence-corrected chi connectivity index (χ2v) is 3.22. The molecule has 0 aliphatic carbocycles. The fourth-order valence-electron chi connectivity index (χ4n) is 1.38. The number of hydrogen-bond acceptors (Lipinski definition) is 2. The summed E-state index contributed by atoms with van der Waals surface area (Å²) in [6, 6.07) is 5.85. The van der Waals surface area contributed by atoms with E-state index in [-0.39, 0.29) is 5.56 Å². The number of benzene rings is 1. The first-order chi connectivity index (χ1) is 7.20. The molecule has 0 spiro atoms. The zero-order valence-electron chi connectivity index (χ0n) is 8.14. The Hall–Kier alpha value is -1.97. The molecule has 2 aromatic rings. The monoisotopic (exact) mass is 204 g/mol. The molecule has 1 aromatic carbocycles. The van der Waals surface area contributed by atoms with Crippen LogP contribution in [0.1, 0.15) is 16.1 Å². The van der Waals surface area contributed by atoms with Crippen LogP contribution in [0.15, 0.2) is 30.5 Å². The Balaban J connectivity index is 2.57. The standard InChI is InChI=1S/C11H9FN2O/c1-8-4-5-14(13-8)11-3-2-10(12)6-9(11)7-15/h2-7H,1H3. The van der Waals surface area contributed by atoms with Crippen molar-refractivity contribution in [2.45, 2.75) is 6.92 Å². The van der Waals surface area contributed by atoms with Crippen molar-refractivity contribution >= 4 is 6.29 Å². The fraction of sp³-hybridized carbons (Fsp3) is 0.0909. The van der Waals surface area contributed by atoms with Gasteiger partial charge >= 0.3 is 0 Å². The fourth-order valence-corrected chi connectivity index (χ4v) is 1.38. The molecule has 0 saturated heterocycles. The van der Waals surface area contributed by atoms with E-state index in [4.69, 9.17) is 0 Å². The lowest BCUT2D eigenvalue weighted by Gasteiger charge is -2.04. The Morgan fingerprint density at radius 1 is 1.40 bits per heavy atom. The SMILES string of the molecule is Cc1ccn(-c2ccc(F)cc2C=O)n1. The summed E-state index contributed by atoms with van der Waals surface area (Å²) in [7, 11) is 0. The number of aldehydes is 1.